The molecule has 0 unspecified atom stereocenters. The summed E-state index contributed by atoms with van der Waals surface area (Å²) in [6.45, 7) is -0.662. The van der Waals surface area contributed by atoms with Gasteiger partial charge < -0.3 is 20.5 Å². The molecule has 0 radical (unpaired) electrons. The van der Waals surface area contributed by atoms with E-state index in [1.54, 1.807) is 28.8 Å². The highest BCUT2D eigenvalue weighted by Gasteiger charge is 2.22. The van der Waals surface area contributed by atoms with Gasteiger partial charge >= 0.3 is 0 Å². The lowest BCUT2D eigenvalue weighted by Gasteiger charge is -2.17. The Hall–Kier alpha value is -3.63. The minimum Gasteiger partial charge on any atom is -0.394 e. The number of benzene rings is 1. The van der Waals surface area contributed by atoms with E-state index in [-0.39, 0.29) is 24.7 Å². The number of nitrogens with two attached hydrogens (primary N) is 1. The topological polar surface area (TPSA) is 132 Å². The molecule has 0 fully saturated rings. The lowest BCUT2D eigenvalue weighted by Crippen LogP contribution is -2.18. The summed E-state index contributed by atoms with van der Waals surface area (Å²) in [5.74, 6) is -1.07. The first kappa shape index (κ1) is 18.7. The van der Waals surface area contributed by atoms with Crippen LogP contribution in [-0.4, -0.2) is 53.5 Å². The maximum Gasteiger partial charge on any atom is 0.269 e. The zero-order chi connectivity index (χ0) is 20.5. The summed E-state index contributed by atoms with van der Waals surface area (Å²) < 4.78 is 16.3. The average molecular weight is 396 g/mol. The van der Waals surface area contributed by atoms with E-state index in [1.807, 2.05) is 0 Å². The molecular weight excluding hydrogens is 379 g/mol. The second-order valence-corrected chi connectivity index (χ2v) is 6.37. The zero-order valence-corrected chi connectivity index (χ0v) is 15.1. The predicted molar refractivity (Wildman–Crippen MR) is 101 cm³/mol. The zero-order valence-electron chi connectivity index (χ0n) is 15.1. The number of hydrogen-bond acceptors (Lipinski definition) is 6. The van der Waals surface area contributed by atoms with E-state index < -0.39 is 11.9 Å². The van der Waals surface area contributed by atoms with Gasteiger partial charge in [0, 0.05) is 5.56 Å². The molecule has 4 N–H and O–H groups in total. The van der Waals surface area contributed by atoms with Gasteiger partial charge in [-0.05, 0) is 36.4 Å². The number of hydrogen-bond donors (Lipinski definition) is 3. The number of aromatic nitrogens is 5. The number of primary amides is 1. The van der Waals surface area contributed by atoms with E-state index in [4.69, 9.17) is 5.73 Å². The van der Waals surface area contributed by atoms with E-state index in [0.717, 1.165) is 0 Å². The molecule has 3 aromatic heterocycles. The Morgan fingerprint density at radius 3 is 2.48 bits per heavy atom. The van der Waals surface area contributed by atoms with Gasteiger partial charge in [-0.3, -0.25) is 4.79 Å². The summed E-state index contributed by atoms with van der Waals surface area (Å²) in [6, 6.07) is 8.44. The third-order valence-corrected chi connectivity index (χ3v) is 4.58. The number of aliphatic hydroxyl groups excluding tert-OH is 2. The Morgan fingerprint density at radius 2 is 1.83 bits per heavy atom. The van der Waals surface area contributed by atoms with Crippen LogP contribution >= 0.6 is 0 Å². The molecule has 0 aliphatic heterocycles. The monoisotopic (exact) mass is 396 g/mol. The van der Waals surface area contributed by atoms with Crippen molar-refractivity contribution in [1.29, 1.82) is 0 Å². The summed E-state index contributed by atoms with van der Waals surface area (Å²) in [6.07, 6.45) is 2.80. The number of carbonyl (C=O) groups is 1. The Balaban J connectivity index is 1.96. The molecule has 0 aliphatic rings. The molecule has 0 atom stereocenters. The van der Waals surface area contributed by atoms with Crippen LogP contribution in [0.4, 0.5) is 4.39 Å². The molecule has 4 rings (SSSR count). The molecule has 148 valence electrons. The van der Waals surface area contributed by atoms with Crippen molar-refractivity contribution in [3.8, 4) is 22.6 Å². The molecular formula is C19H17FN6O3. The van der Waals surface area contributed by atoms with Crippen LogP contribution in [0, 0.1) is 5.82 Å². The molecule has 29 heavy (non-hydrogen) atoms. The summed E-state index contributed by atoms with van der Waals surface area (Å²) in [5, 5.41) is 23.8. The molecule has 1 aromatic carbocycles. The third-order valence-electron chi connectivity index (χ3n) is 4.58. The van der Waals surface area contributed by atoms with Crippen molar-refractivity contribution in [2.75, 3.05) is 13.2 Å². The van der Waals surface area contributed by atoms with Gasteiger partial charge in [0.1, 0.15) is 17.2 Å². The minimum atomic E-state index is -0.682. The van der Waals surface area contributed by atoms with E-state index in [1.165, 1.54) is 29.2 Å². The van der Waals surface area contributed by atoms with E-state index >= 15 is 0 Å². The smallest absolute Gasteiger partial charge is 0.269 e. The average Bonchev–Trinajstić information content (AvgIpc) is 3.33. The largest absolute Gasteiger partial charge is 0.394 e. The lowest BCUT2D eigenvalue weighted by atomic mass is 10.1. The maximum absolute atomic E-state index is 13.4. The number of nitrogens with zero attached hydrogens (tertiary/aromatic N) is 5. The summed E-state index contributed by atoms with van der Waals surface area (Å²) in [7, 11) is 0. The van der Waals surface area contributed by atoms with Crippen molar-refractivity contribution in [3.05, 3.63) is 60.4 Å². The van der Waals surface area contributed by atoms with Gasteiger partial charge in [0.05, 0.1) is 43.2 Å². The van der Waals surface area contributed by atoms with Crippen molar-refractivity contribution < 1.29 is 19.4 Å². The molecule has 10 heteroatoms. The Morgan fingerprint density at radius 1 is 1.10 bits per heavy atom. The fraction of sp³-hybridized carbons (Fsp3) is 0.158. The van der Waals surface area contributed by atoms with Gasteiger partial charge in [-0.1, -0.05) is 0 Å². The van der Waals surface area contributed by atoms with E-state index in [9.17, 15) is 19.4 Å². The van der Waals surface area contributed by atoms with E-state index in [2.05, 4.69) is 15.1 Å². The molecule has 9 nitrogen and oxygen atoms in total. The maximum atomic E-state index is 13.4. The van der Waals surface area contributed by atoms with Crippen molar-refractivity contribution in [3.63, 3.8) is 0 Å². The highest BCUT2D eigenvalue weighted by molar-refractivity contribution is 5.91. The Kier molecular flexibility index (Phi) is 4.79. The predicted octanol–water partition coefficient (Wildman–Crippen LogP) is 1.02. The van der Waals surface area contributed by atoms with Gasteiger partial charge in [0.25, 0.3) is 5.91 Å². The number of carbonyl (C=O) groups excluding carboxylic acids is 1. The fourth-order valence-corrected chi connectivity index (χ4v) is 3.11. The normalized spacial score (nSPS) is 11.4. The minimum absolute atomic E-state index is 0.108. The van der Waals surface area contributed by atoms with Gasteiger partial charge in [-0.25, -0.2) is 18.9 Å². The number of fused-ring (bicyclic) bond motifs is 1. The van der Waals surface area contributed by atoms with E-state index in [0.29, 0.717) is 28.3 Å². The number of halogens is 1. The Bertz CT molecular complexity index is 1180. The van der Waals surface area contributed by atoms with Gasteiger partial charge in [0.2, 0.25) is 0 Å². The molecule has 0 spiro atoms. The molecule has 0 saturated heterocycles. The standard InChI is InChI=1S/C19H17FN6O3/c20-12-3-1-11(2-4-12)17-18(25(10-23-17)13(8-27)9-28)14-5-6-16-22-7-15(19(21)29)26(16)24-14/h1-7,10,13,27-28H,8-9H2,(H2,21,29). The van der Waals surface area contributed by atoms with Crippen molar-refractivity contribution in [2.24, 2.45) is 5.73 Å². The molecule has 0 aliphatic carbocycles. The molecule has 0 bridgehead atoms. The van der Waals surface area contributed by atoms with Crippen LogP contribution in [0.1, 0.15) is 16.5 Å². The second kappa shape index (κ2) is 7.41. The molecule has 4 aromatic rings. The second-order valence-electron chi connectivity index (χ2n) is 6.37. The van der Waals surface area contributed by atoms with Gasteiger partial charge in [-0.2, -0.15) is 5.10 Å². The van der Waals surface area contributed by atoms with Crippen LogP contribution in [-0.2, 0) is 0 Å². The van der Waals surface area contributed by atoms with Crippen LogP contribution in [0.2, 0.25) is 0 Å². The number of rotatable bonds is 6. The van der Waals surface area contributed by atoms with Gasteiger partial charge in [-0.15, -0.1) is 0 Å². The first-order valence-corrected chi connectivity index (χ1v) is 8.73. The summed E-state index contributed by atoms with van der Waals surface area (Å²) in [5.41, 5.74) is 7.91. The van der Waals surface area contributed by atoms with Crippen molar-refractivity contribution >= 4 is 11.6 Å². The van der Waals surface area contributed by atoms with Crippen molar-refractivity contribution in [1.82, 2.24) is 24.1 Å². The third kappa shape index (κ3) is 3.24. The first-order chi connectivity index (χ1) is 14.0. The van der Waals surface area contributed by atoms with Crippen molar-refractivity contribution in [2.45, 2.75) is 6.04 Å². The SMILES string of the molecule is NC(=O)c1cnc2ccc(-c3c(-c4ccc(F)cc4)ncn3C(CO)CO)nn12. The quantitative estimate of drug-likeness (QED) is 0.446. The molecule has 0 saturated carbocycles. The fourth-order valence-electron chi connectivity index (χ4n) is 3.11. The Labute approximate surface area is 163 Å². The van der Waals surface area contributed by atoms with Crippen LogP contribution in [0.15, 0.2) is 48.9 Å². The molecule has 1 amide bonds. The first-order valence-electron chi connectivity index (χ1n) is 8.73. The summed E-state index contributed by atoms with van der Waals surface area (Å²) >= 11 is 0. The molecule has 3 heterocycles. The van der Waals surface area contributed by atoms with Crippen LogP contribution < -0.4 is 5.73 Å². The van der Waals surface area contributed by atoms with Crippen LogP contribution in [0.5, 0.6) is 0 Å². The highest BCUT2D eigenvalue weighted by Crippen LogP contribution is 2.32. The highest BCUT2D eigenvalue weighted by atomic mass is 19.1. The van der Waals surface area contributed by atoms with Gasteiger partial charge in [0.15, 0.2) is 5.65 Å². The van der Waals surface area contributed by atoms with Crippen LogP contribution in [0.3, 0.4) is 0 Å². The number of imidazole rings is 2. The number of aliphatic hydroxyl groups is 2. The number of amides is 1. The summed E-state index contributed by atoms with van der Waals surface area (Å²) in [4.78, 5) is 20.2. The lowest BCUT2D eigenvalue weighted by molar-refractivity contribution is 0.0993. The van der Waals surface area contributed by atoms with Crippen LogP contribution in [0.25, 0.3) is 28.3 Å².